The number of fused-ring (bicyclic) bond motifs is 4. The van der Waals surface area contributed by atoms with Crippen molar-refractivity contribution in [2.45, 2.75) is 105 Å². The number of carbonyl (C=O) groups is 3. The number of carboxylic acids is 1. The van der Waals surface area contributed by atoms with Gasteiger partial charge in [0.05, 0.1) is 24.7 Å². The second kappa shape index (κ2) is 9.27. The van der Waals surface area contributed by atoms with Crippen LogP contribution in [-0.2, 0) is 14.4 Å². The Balaban J connectivity index is 1.70. The Labute approximate surface area is 220 Å². The smallest absolute Gasteiger partial charge is 0.306 e. The van der Waals surface area contributed by atoms with E-state index in [9.17, 15) is 34.8 Å². The summed E-state index contributed by atoms with van der Waals surface area (Å²) in [5, 5.41) is 41.9. The molecule has 4 rings (SSSR count). The number of hydrogen-bond donors (Lipinski definition) is 4. The van der Waals surface area contributed by atoms with E-state index in [1.165, 1.54) is 0 Å². The summed E-state index contributed by atoms with van der Waals surface area (Å²) in [6.07, 6.45) is 2.40. The highest BCUT2D eigenvalue weighted by Gasteiger charge is 2.68. The van der Waals surface area contributed by atoms with Crippen molar-refractivity contribution in [3.05, 3.63) is 11.1 Å². The first-order chi connectivity index (χ1) is 17.1. The van der Waals surface area contributed by atoms with Crippen LogP contribution in [0, 0.1) is 45.3 Å². The van der Waals surface area contributed by atoms with Crippen LogP contribution in [0.15, 0.2) is 11.1 Å². The molecule has 0 aliphatic heterocycles. The van der Waals surface area contributed by atoms with Crippen LogP contribution in [0.5, 0.6) is 0 Å². The van der Waals surface area contributed by atoms with Crippen molar-refractivity contribution in [2.24, 2.45) is 45.3 Å². The van der Waals surface area contributed by atoms with E-state index in [4.69, 9.17) is 0 Å². The molecule has 4 N–H and O–H groups in total. The minimum absolute atomic E-state index is 0.00756. The lowest BCUT2D eigenvalue weighted by atomic mass is 9.42. The normalized spacial score (nSPS) is 45.1. The van der Waals surface area contributed by atoms with Crippen molar-refractivity contribution >= 4 is 17.5 Å². The minimum Gasteiger partial charge on any atom is -0.481 e. The molecule has 2 saturated carbocycles. The number of rotatable bonds is 7. The quantitative estimate of drug-likeness (QED) is 0.401. The van der Waals surface area contributed by atoms with Gasteiger partial charge < -0.3 is 20.4 Å². The highest BCUT2D eigenvalue weighted by atomic mass is 16.4. The Morgan fingerprint density at radius 1 is 1.03 bits per heavy atom. The molecule has 0 spiro atoms. The maximum absolute atomic E-state index is 14.1. The molecule has 37 heavy (non-hydrogen) atoms. The molecule has 4 aliphatic carbocycles. The van der Waals surface area contributed by atoms with E-state index in [2.05, 4.69) is 20.8 Å². The summed E-state index contributed by atoms with van der Waals surface area (Å²) in [5.41, 5.74) is -0.377. The molecule has 0 aromatic heterocycles. The maximum atomic E-state index is 14.1. The van der Waals surface area contributed by atoms with Crippen LogP contribution in [0.4, 0.5) is 0 Å². The molecule has 0 bridgehead atoms. The van der Waals surface area contributed by atoms with Gasteiger partial charge in [0.15, 0.2) is 5.78 Å². The lowest BCUT2D eigenvalue weighted by molar-refractivity contribution is -0.144. The van der Waals surface area contributed by atoms with E-state index in [-0.39, 0.29) is 48.8 Å². The number of Topliss-reactive ketones (excluding diaryl/α,β-unsaturated/α-hetero) is 2. The summed E-state index contributed by atoms with van der Waals surface area (Å²) in [5.74, 6) is -1.84. The van der Waals surface area contributed by atoms with Gasteiger partial charge in [-0.2, -0.15) is 0 Å². The number of carboxylic acid groups (broad SMARTS) is 1. The largest absolute Gasteiger partial charge is 0.481 e. The van der Waals surface area contributed by atoms with Crippen LogP contribution in [0.1, 0.15) is 92.9 Å². The van der Waals surface area contributed by atoms with Gasteiger partial charge in [-0.3, -0.25) is 14.4 Å². The van der Waals surface area contributed by atoms with Crippen LogP contribution in [0.2, 0.25) is 0 Å². The number of ketones is 2. The summed E-state index contributed by atoms with van der Waals surface area (Å²) >= 11 is 0. The van der Waals surface area contributed by atoms with Gasteiger partial charge in [-0.15, -0.1) is 0 Å². The topological polar surface area (TPSA) is 132 Å². The molecule has 4 aliphatic rings. The molecule has 0 amide bonds. The molecule has 7 nitrogen and oxygen atoms in total. The van der Waals surface area contributed by atoms with Gasteiger partial charge in [-0.05, 0) is 60.7 Å². The molecular formula is C30H46O7. The molecule has 0 aromatic carbocycles. The van der Waals surface area contributed by atoms with Crippen molar-refractivity contribution in [2.75, 3.05) is 6.61 Å². The third-order valence-electron chi connectivity index (χ3n) is 11.9. The Kier molecular flexibility index (Phi) is 7.12. The standard InChI is InChI=1S/C30H46O7/c1-16(11-18(32)12-17(2)26(36)37)20-13-24(35)30(6)19-7-8-22-27(3,10-9-23(34)28(22,4)15-31)25(19)21(33)14-29(20,30)5/h16-17,20,22-24,31,34-35H,7-15H2,1-6H3,(H,36,37)/t16?,17?,20?,22?,23?,24?,27?,28-,29?,30-/m1/s1. The zero-order valence-corrected chi connectivity index (χ0v) is 23.3. The maximum Gasteiger partial charge on any atom is 0.306 e. The number of aliphatic hydroxyl groups is 3. The van der Waals surface area contributed by atoms with E-state index < -0.39 is 45.8 Å². The molecule has 2 fully saturated rings. The number of carbonyl (C=O) groups excluding carboxylic acids is 2. The van der Waals surface area contributed by atoms with Gasteiger partial charge in [0, 0.05) is 35.7 Å². The first-order valence-electron chi connectivity index (χ1n) is 14.1. The van der Waals surface area contributed by atoms with Gasteiger partial charge in [0.2, 0.25) is 0 Å². The monoisotopic (exact) mass is 518 g/mol. The Morgan fingerprint density at radius 2 is 1.68 bits per heavy atom. The molecule has 208 valence electrons. The van der Waals surface area contributed by atoms with Crippen LogP contribution < -0.4 is 0 Å². The number of allylic oxidation sites excluding steroid dienone is 1. The number of aliphatic hydroxyl groups excluding tert-OH is 3. The predicted molar refractivity (Wildman–Crippen MR) is 138 cm³/mol. The van der Waals surface area contributed by atoms with Crippen molar-refractivity contribution in [3.8, 4) is 0 Å². The van der Waals surface area contributed by atoms with Crippen LogP contribution in [-0.4, -0.2) is 56.8 Å². The second-order valence-corrected chi connectivity index (χ2v) is 13.8. The fourth-order valence-electron chi connectivity index (χ4n) is 9.49. The Morgan fingerprint density at radius 3 is 2.27 bits per heavy atom. The van der Waals surface area contributed by atoms with E-state index in [1.54, 1.807) is 6.92 Å². The third kappa shape index (κ3) is 3.89. The zero-order valence-electron chi connectivity index (χ0n) is 23.3. The molecule has 7 heteroatoms. The molecule has 0 saturated heterocycles. The average Bonchev–Trinajstić information content (AvgIpc) is 3.02. The van der Waals surface area contributed by atoms with E-state index >= 15 is 0 Å². The van der Waals surface area contributed by atoms with Gasteiger partial charge in [0.1, 0.15) is 5.78 Å². The predicted octanol–water partition coefficient (Wildman–Crippen LogP) is 3.92. The van der Waals surface area contributed by atoms with Gasteiger partial charge in [-0.1, -0.05) is 47.1 Å². The van der Waals surface area contributed by atoms with Crippen molar-refractivity contribution in [1.29, 1.82) is 0 Å². The molecule has 10 atom stereocenters. The number of aliphatic carboxylic acids is 1. The lowest BCUT2D eigenvalue weighted by Crippen LogP contribution is -2.59. The molecular weight excluding hydrogens is 472 g/mol. The summed E-state index contributed by atoms with van der Waals surface area (Å²) < 4.78 is 0. The Hall–Kier alpha value is -1.57. The molecule has 8 unspecified atom stereocenters. The first kappa shape index (κ1) is 28.4. The lowest BCUT2D eigenvalue weighted by Gasteiger charge is -2.61. The fourth-order valence-corrected chi connectivity index (χ4v) is 9.49. The van der Waals surface area contributed by atoms with Crippen molar-refractivity contribution in [3.63, 3.8) is 0 Å². The van der Waals surface area contributed by atoms with E-state index in [0.717, 1.165) is 17.6 Å². The minimum atomic E-state index is -0.981. The summed E-state index contributed by atoms with van der Waals surface area (Å²) in [6.45, 7) is 11.7. The average molecular weight is 519 g/mol. The fraction of sp³-hybridized carbons (Fsp3) is 0.833. The van der Waals surface area contributed by atoms with E-state index in [1.807, 2.05) is 13.8 Å². The molecule has 0 radical (unpaired) electrons. The van der Waals surface area contributed by atoms with Crippen molar-refractivity contribution in [1.82, 2.24) is 0 Å². The number of hydrogen-bond acceptors (Lipinski definition) is 6. The van der Waals surface area contributed by atoms with Crippen LogP contribution in [0.25, 0.3) is 0 Å². The SMILES string of the molecule is CC(CC(=O)CC(C)C1CC(O)[C@@]2(C)C3=C(C(=O)CC12C)C1(C)CCC(O)[C@](C)(CO)C1CC3)C(=O)O. The van der Waals surface area contributed by atoms with Gasteiger partial charge in [-0.25, -0.2) is 0 Å². The van der Waals surface area contributed by atoms with Crippen molar-refractivity contribution < 1.29 is 34.8 Å². The van der Waals surface area contributed by atoms with Crippen LogP contribution in [0.3, 0.4) is 0 Å². The second-order valence-electron chi connectivity index (χ2n) is 13.8. The van der Waals surface area contributed by atoms with Gasteiger partial charge >= 0.3 is 5.97 Å². The zero-order chi connectivity index (χ0) is 27.7. The summed E-state index contributed by atoms with van der Waals surface area (Å²) in [4.78, 5) is 38.0. The Bertz CT molecular complexity index is 1020. The first-order valence-corrected chi connectivity index (χ1v) is 14.1. The highest BCUT2D eigenvalue weighted by Crippen LogP contribution is 2.71. The van der Waals surface area contributed by atoms with Gasteiger partial charge in [0.25, 0.3) is 0 Å². The molecule has 0 heterocycles. The van der Waals surface area contributed by atoms with E-state index in [0.29, 0.717) is 32.1 Å². The molecule has 0 aromatic rings. The highest BCUT2D eigenvalue weighted by molar-refractivity contribution is 6.00. The third-order valence-corrected chi connectivity index (χ3v) is 11.9. The van der Waals surface area contributed by atoms with Crippen LogP contribution >= 0.6 is 0 Å². The summed E-state index contributed by atoms with van der Waals surface area (Å²) in [7, 11) is 0. The summed E-state index contributed by atoms with van der Waals surface area (Å²) in [6, 6.07) is 0.